The van der Waals surface area contributed by atoms with E-state index >= 15 is 0 Å². The molecule has 2 amide bonds. The molecule has 0 bridgehead atoms. The van der Waals surface area contributed by atoms with Crippen molar-refractivity contribution in [2.45, 2.75) is 39.0 Å². The van der Waals surface area contributed by atoms with Crippen LogP contribution in [0.5, 0.6) is 0 Å². The van der Waals surface area contributed by atoms with Gasteiger partial charge in [0, 0.05) is 42.9 Å². The van der Waals surface area contributed by atoms with Crippen molar-refractivity contribution >= 4 is 17.5 Å². The van der Waals surface area contributed by atoms with Crippen LogP contribution in [0.3, 0.4) is 0 Å². The maximum absolute atomic E-state index is 12.9. The lowest BCUT2D eigenvalue weighted by molar-refractivity contribution is -0.127. The molecule has 2 aliphatic rings. The number of benzene rings is 1. The quantitative estimate of drug-likeness (QED) is 0.450. The van der Waals surface area contributed by atoms with Crippen LogP contribution in [0.1, 0.15) is 39.0 Å². The normalized spacial score (nSPS) is 21.8. The fourth-order valence-electron chi connectivity index (χ4n) is 4.95. The van der Waals surface area contributed by atoms with E-state index in [0.29, 0.717) is 30.3 Å². The molecule has 1 aromatic heterocycles. The first kappa shape index (κ1) is 22.1. The van der Waals surface area contributed by atoms with Gasteiger partial charge in [-0.05, 0) is 68.2 Å². The largest absolute Gasteiger partial charge is 0.472 e. The van der Waals surface area contributed by atoms with Gasteiger partial charge in [-0.3, -0.25) is 9.59 Å². The van der Waals surface area contributed by atoms with Crippen LogP contribution in [0, 0.1) is 11.8 Å². The topological polar surface area (TPSA) is 53.8 Å². The Morgan fingerprint density at radius 3 is 2.84 bits per heavy atom. The van der Waals surface area contributed by atoms with Crippen molar-refractivity contribution in [1.29, 1.82) is 0 Å². The zero-order valence-corrected chi connectivity index (χ0v) is 18.8. The molecule has 32 heavy (non-hydrogen) atoms. The molecule has 0 N–H and O–H groups in total. The highest BCUT2D eigenvalue weighted by Crippen LogP contribution is 2.36. The first-order valence-electron chi connectivity index (χ1n) is 11.6. The Morgan fingerprint density at radius 1 is 1.19 bits per heavy atom. The van der Waals surface area contributed by atoms with Crippen molar-refractivity contribution in [3.8, 4) is 11.1 Å². The second kappa shape index (κ2) is 10.0. The van der Waals surface area contributed by atoms with Gasteiger partial charge in [0.25, 0.3) is 0 Å². The van der Waals surface area contributed by atoms with Crippen molar-refractivity contribution in [1.82, 2.24) is 4.90 Å². The van der Waals surface area contributed by atoms with Crippen LogP contribution in [0.15, 0.2) is 71.6 Å². The molecule has 2 aliphatic heterocycles. The third kappa shape index (κ3) is 4.87. The molecule has 168 valence electrons. The van der Waals surface area contributed by atoms with Gasteiger partial charge in [0.1, 0.15) is 0 Å². The Hall–Kier alpha value is -3.08. The second-order valence-electron chi connectivity index (χ2n) is 8.89. The van der Waals surface area contributed by atoms with Crippen molar-refractivity contribution in [2.75, 3.05) is 24.5 Å². The Morgan fingerprint density at radius 2 is 2.06 bits per heavy atom. The fraction of sp³-hybridized carbons (Fsp3) is 0.407. The average Bonchev–Trinajstić information content (AvgIpc) is 3.41. The van der Waals surface area contributed by atoms with Crippen LogP contribution in [-0.2, 0) is 9.59 Å². The Kier molecular flexibility index (Phi) is 6.93. The zero-order chi connectivity index (χ0) is 22.5. The lowest BCUT2D eigenvalue weighted by Gasteiger charge is -2.24. The number of furan rings is 1. The molecule has 0 saturated carbocycles. The summed E-state index contributed by atoms with van der Waals surface area (Å²) in [6, 6.07) is 10.0. The molecule has 0 spiro atoms. The molecule has 2 atom stereocenters. The van der Waals surface area contributed by atoms with Crippen LogP contribution >= 0.6 is 0 Å². The molecule has 5 heteroatoms. The van der Waals surface area contributed by atoms with Crippen molar-refractivity contribution in [3.63, 3.8) is 0 Å². The summed E-state index contributed by atoms with van der Waals surface area (Å²) in [5.74, 6) is 1.06. The minimum absolute atomic E-state index is 0.0731. The highest BCUT2D eigenvalue weighted by Gasteiger charge is 2.36. The summed E-state index contributed by atoms with van der Waals surface area (Å²) >= 11 is 0. The van der Waals surface area contributed by atoms with E-state index in [9.17, 15) is 9.59 Å². The first-order valence-corrected chi connectivity index (χ1v) is 11.6. The van der Waals surface area contributed by atoms with Crippen LogP contribution < -0.4 is 4.90 Å². The van der Waals surface area contributed by atoms with E-state index in [1.807, 2.05) is 53.1 Å². The smallest absolute Gasteiger partial charge is 0.249 e. The summed E-state index contributed by atoms with van der Waals surface area (Å²) in [5, 5.41) is 0. The number of rotatable bonds is 6. The van der Waals surface area contributed by atoms with E-state index in [-0.39, 0.29) is 11.8 Å². The number of likely N-dealkylation sites (tertiary alicyclic amines) is 1. The van der Waals surface area contributed by atoms with Gasteiger partial charge in [0.2, 0.25) is 11.8 Å². The fourth-order valence-corrected chi connectivity index (χ4v) is 4.95. The summed E-state index contributed by atoms with van der Waals surface area (Å²) < 4.78 is 5.21. The lowest BCUT2D eigenvalue weighted by atomic mass is 9.86. The maximum Gasteiger partial charge on any atom is 0.249 e. The summed E-state index contributed by atoms with van der Waals surface area (Å²) in [4.78, 5) is 29.5. The molecule has 5 nitrogen and oxygen atoms in total. The van der Waals surface area contributed by atoms with E-state index in [2.05, 4.69) is 12.6 Å². The third-order valence-electron chi connectivity index (χ3n) is 6.80. The number of anilines is 1. The van der Waals surface area contributed by atoms with Crippen LogP contribution in [-0.4, -0.2) is 36.3 Å². The summed E-state index contributed by atoms with van der Waals surface area (Å²) in [6.45, 7) is 8.20. The van der Waals surface area contributed by atoms with Crippen molar-refractivity contribution in [2.24, 2.45) is 11.8 Å². The van der Waals surface area contributed by atoms with Crippen LogP contribution in [0.4, 0.5) is 5.69 Å². The highest BCUT2D eigenvalue weighted by atomic mass is 16.3. The maximum atomic E-state index is 12.9. The molecule has 0 aliphatic carbocycles. The van der Waals surface area contributed by atoms with Crippen molar-refractivity contribution in [3.05, 3.63) is 67.2 Å². The molecular weight excluding hydrogens is 400 g/mol. The van der Waals surface area contributed by atoms with Gasteiger partial charge < -0.3 is 14.2 Å². The van der Waals surface area contributed by atoms with Gasteiger partial charge in [0.15, 0.2) is 0 Å². The van der Waals surface area contributed by atoms with Gasteiger partial charge >= 0.3 is 0 Å². The molecule has 3 heterocycles. The lowest BCUT2D eigenvalue weighted by Crippen LogP contribution is -2.33. The second-order valence-corrected chi connectivity index (χ2v) is 8.89. The van der Waals surface area contributed by atoms with Crippen LogP contribution in [0.2, 0.25) is 0 Å². The van der Waals surface area contributed by atoms with Gasteiger partial charge in [-0.2, -0.15) is 0 Å². The molecule has 0 radical (unpaired) electrons. The first-order chi connectivity index (χ1) is 15.6. The zero-order valence-electron chi connectivity index (χ0n) is 18.8. The van der Waals surface area contributed by atoms with E-state index in [1.165, 1.54) is 0 Å². The minimum Gasteiger partial charge on any atom is -0.472 e. The number of carbonyl (C=O) groups is 2. The SMILES string of the molecule is C=C(CC=CC)C(=O)N1CCCC(C2CC(=O)N(c3cccc(-c4ccoc4)c3)C2)CC1. The van der Waals surface area contributed by atoms with Crippen LogP contribution in [0.25, 0.3) is 11.1 Å². The van der Waals surface area contributed by atoms with E-state index < -0.39 is 0 Å². The number of hydrogen-bond donors (Lipinski definition) is 0. The molecular formula is C27H32N2O3. The Bertz CT molecular complexity index is 992. The molecule has 2 fully saturated rings. The minimum atomic E-state index is 0.0731. The van der Waals surface area contributed by atoms with Gasteiger partial charge in [-0.25, -0.2) is 0 Å². The number of hydrogen-bond acceptors (Lipinski definition) is 3. The monoisotopic (exact) mass is 432 g/mol. The molecule has 2 aromatic rings. The standard InChI is InChI=1S/C27H32N2O3/c1-3-4-7-20(2)27(31)28-13-6-9-21(11-14-28)24-17-26(30)29(18-24)25-10-5-8-22(16-25)23-12-15-32-19-23/h3-5,8,10,12,15-16,19,21,24H,2,6-7,9,11,13-14,17-18H2,1H3. The molecule has 2 unspecified atom stereocenters. The van der Waals surface area contributed by atoms with Gasteiger partial charge in [-0.15, -0.1) is 0 Å². The molecule has 1 aromatic carbocycles. The Labute approximate surface area is 190 Å². The molecule has 2 saturated heterocycles. The predicted molar refractivity (Wildman–Crippen MR) is 127 cm³/mol. The summed E-state index contributed by atoms with van der Waals surface area (Å²) in [7, 11) is 0. The van der Waals surface area contributed by atoms with Gasteiger partial charge in [-0.1, -0.05) is 30.9 Å². The highest BCUT2D eigenvalue weighted by molar-refractivity contribution is 5.96. The van der Waals surface area contributed by atoms with E-state index in [4.69, 9.17) is 4.42 Å². The van der Waals surface area contributed by atoms with Crippen molar-refractivity contribution < 1.29 is 14.0 Å². The number of allylic oxidation sites excluding steroid dienone is 2. The number of nitrogens with zero attached hydrogens (tertiary/aromatic N) is 2. The molecule has 4 rings (SSSR count). The van der Waals surface area contributed by atoms with Gasteiger partial charge in [0.05, 0.1) is 12.5 Å². The Balaban J connectivity index is 1.39. The number of carbonyl (C=O) groups excluding carboxylic acids is 2. The predicted octanol–water partition coefficient (Wildman–Crippen LogP) is 5.45. The average molecular weight is 433 g/mol. The summed E-state index contributed by atoms with van der Waals surface area (Å²) in [5.41, 5.74) is 3.66. The summed E-state index contributed by atoms with van der Waals surface area (Å²) in [6.07, 6.45) is 11.5. The number of amides is 2. The van der Waals surface area contributed by atoms with E-state index in [1.54, 1.807) is 12.5 Å². The van der Waals surface area contributed by atoms with E-state index in [0.717, 1.165) is 55.7 Å². The third-order valence-corrected chi connectivity index (χ3v) is 6.80.